The highest BCUT2D eigenvalue weighted by molar-refractivity contribution is 5.82. The van der Waals surface area contributed by atoms with Gasteiger partial charge >= 0.3 is 0 Å². The van der Waals surface area contributed by atoms with Crippen LogP contribution in [0.25, 0.3) is 10.9 Å². The summed E-state index contributed by atoms with van der Waals surface area (Å²) in [7, 11) is 0. The minimum absolute atomic E-state index is 0.107. The van der Waals surface area contributed by atoms with Gasteiger partial charge in [-0.15, -0.1) is 0 Å². The summed E-state index contributed by atoms with van der Waals surface area (Å²) >= 11 is 0. The fourth-order valence-electron chi connectivity index (χ4n) is 2.04. The van der Waals surface area contributed by atoms with Crippen molar-refractivity contribution in [2.45, 2.75) is 26.8 Å². The summed E-state index contributed by atoms with van der Waals surface area (Å²) in [5.41, 5.74) is 3.53. The van der Waals surface area contributed by atoms with Crippen LogP contribution in [-0.2, 0) is 0 Å². The second kappa shape index (κ2) is 3.43. The fraction of sp³-hybridized carbons (Fsp3) is 0.308. The van der Waals surface area contributed by atoms with Crippen molar-refractivity contribution in [3.8, 4) is 6.07 Å². The zero-order valence-corrected chi connectivity index (χ0v) is 9.28. The number of rotatable bonds is 1. The standard InChI is InChI=1S/C13H14N2/c1-9-4-5-12-7-10(2)15(11(3)8-14)13(12)6-9/h4-7,11H,1-3H3. The summed E-state index contributed by atoms with van der Waals surface area (Å²) in [6.45, 7) is 6.04. The van der Waals surface area contributed by atoms with Crippen LogP contribution in [0.2, 0.25) is 0 Å². The molecule has 1 aromatic heterocycles. The number of nitriles is 1. The normalized spacial score (nSPS) is 12.7. The number of hydrogen-bond acceptors (Lipinski definition) is 1. The molecular weight excluding hydrogens is 184 g/mol. The predicted octanol–water partition coefficient (Wildman–Crippen LogP) is 3.34. The lowest BCUT2D eigenvalue weighted by Gasteiger charge is -2.10. The summed E-state index contributed by atoms with van der Waals surface area (Å²) in [5.74, 6) is 0. The van der Waals surface area contributed by atoms with Crippen LogP contribution in [0.3, 0.4) is 0 Å². The van der Waals surface area contributed by atoms with Crippen LogP contribution in [0, 0.1) is 25.2 Å². The lowest BCUT2D eigenvalue weighted by molar-refractivity contribution is 0.681. The maximum Gasteiger partial charge on any atom is 0.118 e. The molecule has 0 aliphatic rings. The third-order valence-electron chi connectivity index (χ3n) is 2.76. The summed E-state index contributed by atoms with van der Waals surface area (Å²) in [6, 6.07) is 10.6. The Hall–Kier alpha value is -1.75. The summed E-state index contributed by atoms with van der Waals surface area (Å²) < 4.78 is 2.09. The van der Waals surface area contributed by atoms with E-state index in [-0.39, 0.29) is 6.04 Å². The SMILES string of the molecule is Cc1ccc2cc(C)n(C(C)C#N)c2c1. The smallest absolute Gasteiger partial charge is 0.118 e. The van der Waals surface area contributed by atoms with Crippen LogP contribution in [0.1, 0.15) is 24.2 Å². The van der Waals surface area contributed by atoms with Crippen molar-refractivity contribution in [2.75, 3.05) is 0 Å². The highest BCUT2D eigenvalue weighted by Gasteiger charge is 2.10. The number of aromatic nitrogens is 1. The second-order valence-corrected chi connectivity index (χ2v) is 4.02. The van der Waals surface area contributed by atoms with E-state index in [2.05, 4.69) is 41.8 Å². The van der Waals surface area contributed by atoms with E-state index in [1.165, 1.54) is 10.9 Å². The Morgan fingerprint density at radius 3 is 2.67 bits per heavy atom. The molecule has 0 saturated carbocycles. The summed E-state index contributed by atoms with van der Waals surface area (Å²) in [6.07, 6.45) is 0. The van der Waals surface area contributed by atoms with Crippen molar-refractivity contribution in [2.24, 2.45) is 0 Å². The van der Waals surface area contributed by atoms with Gasteiger partial charge in [-0.3, -0.25) is 0 Å². The molecule has 0 aliphatic carbocycles. The molecule has 2 heteroatoms. The van der Waals surface area contributed by atoms with E-state index < -0.39 is 0 Å². The quantitative estimate of drug-likeness (QED) is 0.690. The Morgan fingerprint density at radius 1 is 1.27 bits per heavy atom. The molecule has 0 radical (unpaired) electrons. The van der Waals surface area contributed by atoms with Gasteiger partial charge in [0.1, 0.15) is 6.04 Å². The third-order valence-corrected chi connectivity index (χ3v) is 2.76. The number of aryl methyl sites for hydroxylation is 2. The molecule has 0 bridgehead atoms. The fourth-order valence-corrected chi connectivity index (χ4v) is 2.04. The summed E-state index contributed by atoms with van der Waals surface area (Å²) in [5, 5.41) is 10.2. The maximum absolute atomic E-state index is 8.99. The molecule has 2 nitrogen and oxygen atoms in total. The van der Waals surface area contributed by atoms with E-state index in [0.29, 0.717) is 0 Å². The molecule has 2 aromatic rings. The molecular formula is C13H14N2. The lowest BCUT2D eigenvalue weighted by atomic mass is 10.2. The van der Waals surface area contributed by atoms with Gasteiger partial charge in [0.2, 0.25) is 0 Å². The molecule has 1 aromatic carbocycles. The topological polar surface area (TPSA) is 28.7 Å². The van der Waals surface area contributed by atoms with E-state index in [0.717, 1.165) is 11.2 Å². The van der Waals surface area contributed by atoms with Crippen LogP contribution in [0.5, 0.6) is 0 Å². The van der Waals surface area contributed by atoms with Gasteiger partial charge in [-0.25, -0.2) is 0 Å². The first-order chi connectivity index (χ1) is 7.13. The number of fused-ring (bicyclic) bond motifs is 1. The van der Waals surface area contributed by atoms with Crippen LogP contribution < -0.4 is 0 Å². The Bertz CT molecular complexity index is 543. The first kappa shape index (κ1) is 9.79. The minimum Gasteiger partial charge on any atom is -0.329 e. The van der Waals surface area contributed by atoms with Gasteiger partial charge in [-0.2, -0.15) is 5.26 Å². The van der Waals surface area contributed by atoms with E-state index in [1.54, 1.807) is 0 Å². The predicted molar refractivity (Wildman–Crippen MR) is 61.7 cm³/mol. The molecule has 0 saturated heterocycles. The van der Waals surface area contributed by atoms with Crippen molar-refractivity contribution in [3.05, 3.63) is 35.5 Å². The highest BCUT2D eigenvalue weighted by atomic mass is 15.0. The van der Waals surface area contributed by atoms with Crippen molar-refractivity contribution >= 4 is 10.9 Å². The van der Waals surface area contributed by atoms with Gasteiger partial charge in [0.15, 0.2) is 0 Å². The lowest BCUT2D eigenvalue weighted by Crippen LogP contribution is -2.03. The molecule has 1 atom stereocenters. The van der Waals surface area contributed by atoms with E-state index >= 15 is 0 Å². The molecule has 0 aliphatic heterocycles. The van der Waals surface area contributed by atoms with E-state index in [9.17, 15) is 0 Å². The molecule has 0 spiro atoms. The maximum atomic E-state index is 8.99. The first-order valence-electron chi connectivity index (χ1n) is 5.11. The molecule has 76 valence electrons. The van der Waals surface area contributed by atoms with Gasteiger partial charge in [0.25, 0.3) is 0 Å². The Labute approximate surface area is 89.7 Å². The molecule has 0 amide bonds. The van der Waals surface area contributed by atoms with Crippen LogP contribution in [-0.4, -0.2) is 4.57 Å². The molecule has 1 unspecified atom stereocenters. The van der Waals surface area contributed by atoms with Crippen molar-refractivity contribution in [1.82, 2.24) is 4.57 Å². The minimum atomic E-state index is -0.107. The number of nitrogens with zero attached hydrogens (tertiary/aromatic N) is 2. The zero-order chi connectivity index (χ0) is 11.0. The van der Waals surface area contributed by atoms with E-state index in [1.807, 2.05) is 13.8 Å². The monoisotopic (exact) mass is 198 g/mol. The van der Waals surface area contributed by atoms with Crippen LogP contribution in [0.15, 0.2) is 24.3 Å². The average Bonchev–Trinajstić information content (AvgIpc) is 2.52. The van der Waals surface area contributed by atoms with Gasteiger partial charge in [-0.1, -0.05) is 12.1 Å². The average molecular weight is 198 g/mol. The van der Waals surface area contributed by atoms with Crippen LogP contribution >= 0.6 is 0 Å². The Morgan fingerprint density at radius 2 is 2.00 bits per heavy atom. The van der Waals surface area contributed by atoms with Gasteiger partial charge < -0.3 is 4.57 Å². The largest absolute Gasteiger partial charge is 0.329 e. The Balaban J connectivity index is 2.77. The molecule has 2 rings (SSSR count). The summed E-state index contributed by atoms with van der Waals surface area (Å²) in [4.78, 5) is 0. The second-order valence-electron chi connectivity index (χ2n) is 4.02. The highest BCUT2D eigenvalue weighted by Crippen LogP contribution is 2.24. The van der Waals surface area contributed by atoms with Gasteiger partial charge in [-0.05, 0) is 43.9 Å². The number of benzene rings is 1. The molecule has 0 fully saturated rings. The van der Waals surface area contributed by atoms with Gasteiger partial charge in [0.05, 0.1) is 6.07 Å². The molecule has 0 N–H and O–H groups in total. The van der Waals surface area contributed by atoms with Crippen LogP contribution in [0.4, 0.5) is 0 Å². The Kier molecular flexibility index (Phi) is 2.24. The van der Waals surface area contributed by atoms with Crippen molar-refractivity contribution < 1.29 is 0 Å². The number of hydrogen-bond donors (Lipinski definition) is 0. The molecule has 15 heavy (non-hydrogen) atoms. The van der Waals surface area contributed by atoms with E-state index in [4.69, 9.17) is 5.26 Å². The van der Waals surface area contributed by atoms with Crippen molar-refractivity contribution in [3.63, 3.8) is 0 Å². The third kappa shape index (κ3) is 1.50. The zero-order valence-electron chi connectivity index (χ0n) is 9.28. The molecule has 1 heterocycles. The van der Waals surface area contributed by atoms with Crippen molar-refractivity contribution in [1.29, 1.82) is 5.26 Å². The first-order valence-corrected chi connectivity index (χ1v) is 5.11. The van der Waals surface area contributed by atoms with Gasteiger partial charge in [0, 0.05) is 11.2 Å².